The van der Waals surface area contributed by atoms with Gasteiger partial charge in [0.1, 0.15) is 0 Å². The zero-order chi connectivity index (χ0) is 44.8. The molecule has 61 heavy (non-hydrogen) atoms. The third-order valence-electron chi connectivity index (χ3n) is 9.39. The van der Waals surface area contributed by atoms with Crippen LogP contribution in [0.5, 0.6) is 0 Å². The summed E-state index contributed by atoms with van der Waals surface area (Å²) in [6, 6.07) is 70.8. The highest BCUT2D eigenvalue weighted by Crippen LogP contribution is 2.36. The predicted molar refractivity (Wildman–Crippen MR) is 277 cm³/mol. The largest absolute Gasteiger partial charge is 0.309 e. The summed E-state index contributed by atoms with van der Waals surface area (Å²) in [6.45, 7) is 24.0. The van der Waals surface area contributed by atoms with Gasteiger partial charge in [0, 0.05) is 16.2 Å². The van der Waals surface area contributed by atoms with E-state index < -0.39 is 0 Å². The van der Waals surface area contributed by atoms with Crippen molar-refractivity contribution < 1.29 is 0 Å². The molecule has 318 valence electrons. The Kier molecular flexibility index (Phi) is 25.0. The highest BCUT2D eigenvalue weighted by atomic mass is 15.0. The van der Waals surface area contributed by atoms with E-state index in [0.29, 0.717) is 0 Å². The number of fused-ring (bicyclic) bond motifs is 7. The number of hydrogen-bond donors (Lipinski definition) is 0. The fourth-order valence-corrected chi connectivity index (χ4v) is 7.09. The van der Waals surface area contributed by atoms with E-state index in [0.717, 1.165) is 12.8 Å². The van der Waals surface area contributed by atoms with E-state index >= 15 is 0 Å². The van der Waals surface area contributed by atoms with Crippen LogP contribution in [0.15, 0.2) is 200 Å². The highest BCUT2D eigenvalue weighted by molar-refractivity contribution is 6.10. The molecule has 0 amide bonds. The van der Waals surface area contributed by atoms with Crippen molar-refractivity contribution in [3.63, 3.8) is 0 Å². The van der Waals surface area contributed by atoms with Crippen LogP contribution in [0.25, 0.3) is 49.4 Å². The van der Waals surface area contributed by atoms with Gasteiger partial charge in [-0.2, -0.15) is 0 Å². The molecular formula is C60H73N. The maximum absolute atomic E-state index is 2.38. The number of nitrogens with zero attached hydrogens (tertiary/aromatic N) is 1. The molecule has 0 saturated carbocycles. The molecule has 0 radical (unpaired) electrons. The SMILES string of the molecule is CC.CC.CC.CC.CC.CC.c1ccc(Cc2ccccc2)cc1.c1ccc2c(-n3c4ccccc4c4ccccc43)cccc2c1.c1ccc2c(c1)Cc1ccccc1-2. The summed E-state index contributed by atoms with van der Waals surface area (Å²) in [7, 11) is 0. The molecule has 0 unspecified atom stereocenters. The van der Waals surface area contributed by atoms with Crippen molar-refractivity contribution in [2.45, 2.75) is 95.9 Å². The van der Waals surface area contributed by atoms with Crippen molar-refractivity contribution in [3.05, 3.63) is 222 Å². The molecule has 1 aliphatic carbocycles. The highest BCUT2D eigenvalue weighted by Gasteiger charge is 2.16. The van der Waals surface area contributed by atoms with E-state index in [4.69, 9.17) is 0 Å². The third-order valence-corrected chi connectivity index (χ3v) is 9.39. The van der Waals surface area contributed by atoms with E-state index in [-0.39, 0.29) is 0 Å². The Morgan fingerprint density at radius 2 is 0.656 bits per heavy atom. The van der Waals surface area contributed by atoms with Crippen molar-refractivity contribution in [3.8, 4) is 16.8 Å². The molecule has 0 atom stereocenters. The Hall–Kier alpha value is -6.18. The van der Waals surface area contributed by atoms with Gasteiger partial charge in [0.05, 0.1) is 16.7 Å². The minimum Gasteiger partial charge on any atom is -0.309 e. The van der Waals surface area contributed by atoms with Crippen LogP contribution in [-0.4, -0.2) is 4.57 Å². The second-order valence-electron chi connectivity index (χ2n) is 12.5. The van der Waals surface area contributed by atoms with Gasteiger partial charge in [-0.15, -0.1) is 0 Å². The number of rotatable bonds is 3. The summed E-state index contributed by atoms with van der Waals surface area (Å²) >= 11 is 0. The molecule has 0 N–H and O–H groups in total. The van der Waals surface area contributed by atoms with E-state index in [1.807, 2.05) is 83.1 Å². The Labute approximate surface area is 370 Å². The molecular weight excluding hydrogens is 735 g/mol. The van der Waals surface area contributed by atoms with E-state index in [9.17, 15) is 0 Å². The van der Waals surface area contributed by atoms with Crippen molar-refractivity contribution in [1.29, 1.82) is 0 Å². The fraction of sp³-hybridized carbons (Fsp3) is 0.233. The molecule has 9 aromatic rings. The van der Waals surface area contributed by atoms with Gasteiger partial charge in [0.25, 0.3) is 0 Å². The average molecular weight is 808 g/mol. The zero-order valence-corrected chi connectivity index (χ0v) is 39.4. The Bertz CT molecular complexity index is 2350. The number of para-hydroxylation sites is 2. The standard InChI is InChI=1S/C22H15N.C13H10.C13H12.6C2H6/c1-2-10-17-16(8-1)9-7-15-20(17)23-21-13-5-3-11-18(21)19-12-4-6-14-22(19)23;1-3-7-12-10(5-1)9-11-6-2-4-8-13(11)12;1-3-7-12(8-4-1)11-13-9-5-2-6-10-13;6*1-2/h1-15H;1-8H,9H2;1-10H,11H2;6*1-2H3. The first-order chi connectivity index (χ1) is 30.3. The summed E-state index contributed by atoms with van der Waals surface area (Å²) in [5.74, 6) is 0. The second-order valence-corrected chi connectivity index (χ2v) is 12.5. The van der Waals surface area contributed by atoms with Crippen molar-refractivity contribution in [2.75, 3.05) is 0 Å². The quantitative estimate of drug-likeness (QED) is 0.168. The van der Waals surface area contributed by atoms with Gasteiger partial charge in [-0.25, -0.2) is 0 Å². The van der Waals surface area contributed by atoms with Crippen LogP contribution < -0.4 is 0 Å². The molecule has 1 nitrogen and oxygen atoms in total. The molecule has 0 bridgehead atoms. The average Bonchev–Trinajstić information content (AvgIpc) is 3.92. The first kappa shape index (κ1) is 51.0. The van der Waals surface area contributed by atoms with Crippen LogP contribution in [0.1, 0.15) is 105 Å². The smallest absolute Gasteiger partial charge is 0.0541 e. The van der Waals surface area contributed by atoms with Gasteiger partial charge in [-0.1, -0.05) is 265 Å². The molecule has 1 heterocycles. The first-order valence-corrected chi connectivity index (χ1v) is 23.0. The number of hydrogen-bond acceptors (Lipinski definition) is 0. The van der Waals surface area contributed by atoms with Crippen LogP contribution in [0.3, 0.4) is 0 Å². The molecule has 8 aromatic carbocycles. The molecule has 0 fully saturated rings. The fourth-order valence-electron chi connectivity index (χ4n) is 7.09. The maximum atomic E-state index is 2.38. The molecule has 0 spiro atoms. The van der Waals surface area contributed by atoms with Gasteiger partial charge in [0.15, 0.2) is 0 Å². The van der Waals surface area contributed by atoms with Crippen LogP contribution in [0.2, 0.25) is 0 Å². The summed E-state index contributed by atoms with van der Waals surface area (Å²) < 4.78 is 2.38. The molecule has 10 rings (SSSR count). The maximum Gasteiger partial charge on any atom is 0.0541 e. The normalized spacial score (nSPS) is 9.64. The third kappa shape index (κ3) is 13.7. The van der Waals surface area contributed by atoms with Gasteiger partial charge in [-0.05, 0) is 69.8 Å². The van der Waals surface area contributed by atoms with Crippen molar-refractivity contribution >= 4 is 32.6 Å². The number of aromatic nitrogens is 1. The van der Waals surface area contributed by atoms with Crippen molar-refractivity contribution in [2.24, 2.45) is 0 Å². The summed E-state index contributed by atoms with van der Waals surface area (Å²) in [5, 5.41) is 5.15. The topological polar surface area (TPSA) is 4.93 Å². The van der Waals surface area contributed by atoms with Crippen LogP contribution >= 0.6 is 0 Å². The molecule has 1 aromatic heterocycles. The van der Waals surface area contributed by atoms with Gasteiger partial charge in [0.2, 0.25) is 0 Å². The predicted octanol–water partition coefficient (Wildman–Crippen LogP) is 18.6. The monoisotopic (exact) mass is 808 g/mol. The Morgan fingerprint density at radius 3 is 1.11 bits per heavy atom. The van der Waals surface area contributed by atoms with Crippen LogP contribution in [0, 0.1) is 0 Å². The lowest BCUT2D eigenvalue weighted by atomic mass is 10.1. The lowest BCUT2D eigenvalue weighted by Gasteiger charge is -2.11. The molecule has 1 aliphatic rings. The second kappa shape index (κ2) is 29.9. The molecule has 0 aliphatic heterocycles. The lowest BCUT2D eigenvalue weighted by Crippen LogP contribution is -1.94. The van der Waals surface area contributed by atoms with E-state index in [2.05, 4.69) is 205 Å². The first-order valence-electron chi connectivity index (χ1n) is 23.0. The minimum atomic E-state index is 1.03. The summed E-state index contributed by atoms with van der Waals surface area (Å²) in [5.41, 5.74) is 12.2. The van der Waals surface area contributed by atoms with E-state index in [1.165, 1.54) is 71.6 Å². The van der Waals surface area contributed by atoms with Gasteiger partial charge >= 0.3 is 0 Å². The molecule has 1 heteroatoms. The molecule has 0 saturated heterocycles. The minimum absolute atomic E-state index is 1.03. The Morgan fingerprint density at radius 1 is 0.311 bits per heavy atom. The summed E-state index contributed by atoms with van der Waals surface area (Å²) in [6.07, 6.45) is 2.13. The van der Waals surface area contributed by atoms with E-state index in [1.54, 1.807) is 0 Å². The summed E-state index contributed by atoms with van der Waals surface area (Å²) in [4.78, 5) is 0. The van der Waals surface area contributed by atoms with Crippen molar-refractivity contribution in [1.82, 2.24) is 4.57 Å². The van der Waals surface area contributed by atoms with Crippen LogP contribution in [0.4, 0.5) is 0 Å². The Balaban J connectivity index is 0.000000293. The lowest BCUT2D eigenvalue weighted by molar-refractivity contribution is 1.19. The van der Waals surface area contributed by atoms with Gasteiger partial charge < -0.3 is 4.57 Å². The zero-order valence-electron chi connectivity index (χ0n) is 39.4. The van der Waals surface area contributed by atoms with Gasteiger partial charge in [-0.3, -0.25) is 0 Å². The number of benzene rings is 8. The van der Waals surface area contributed by atoms with Crippen LogP contribution in [-0.2, 0) is 12.8 Å².